The zero-order chi connectivity index (χ0) is 12.7. The van der Waals surface area contributed by atoms with Crippen LogP contribution in [0.5, 0.6) is 0 Å². The van der Waals surface area contributed by atoms with E-state index < -0.39 is 23.0 Å². The minimum atomic E-state index is -1.11. The molecule has 2 heterocycles. The molecule has 2 aliphatic heterocycles. The minimum Gasteiger partial charge on any atom is -0.468 e. The lowest BCUT2D eigenvalue weighted by atomic mass is 9.72. The lowest BCUT2D eigenvalue weighted by Crippen LogP contribution is -2.52. The minimum absolute atomic E-state index is 0.0156. The maximum absolute atomic E-state index is 12.1. The lowest BCUT2D eigenvalue weighted by molar-refractivity contribution is -0.194. The molecule has 1 saturated carbocycles. The van der Waals surface area contributed by atoms with E-state index in [4.69, 9.17) is 9.47 Å². The van der Waals surface area contributed by atoms with E-state index in [2.05, 4.69) is 6.58 Å². The van der Waals surface area contributed by atoms with Crippen LogP contribution in [-0.2, 0) is 19.1 Å². The van der Waals surface area contributed by atoms with Gasteiger partial charge in [-0.05, 0) is 32.6 Å². The van der Waals surface area contributed by atoms with E-state index in [1.165, 1.54) is 7.11 Å². The normalized spacial score (nSPS) is 40.4. The molecule has 2 bridgehead atoms. The van der Waals surface area contributed by atoms with Crippen molar-refractivity contribution in [3.63, 3.8) is 0 Å². The van der Waals surface area contributed by atoms with Crippen LogP contribution in [0.15, 0.2) is 12.7 Å². The summed E-state index contributed by atoms with van der Waals surface area (Å²) in [5, 5.41) is 0. The smallest absolute Gasteiger partial charge is 0.324 e. The Morgan fingerprint density at radius 2 is 2.29 bits per heavy atom. The molecule has 0 amide bonds. The van der Waals surface area contributed by atoms with E-state index >= 15 is 0 Å². The second-order valence-electron chi connectivity index (χ2n) is 5.18. The van der Waals surface area contributed by atoms with Crippen LogP contribution in [0, 0.1) is 11.3 Å². The fourth-order valence-corrected chi connectivity index (χ4v) is 3.04. The molecule has 1 aliphatic carbocycles. The first-order chi connectivity index (χ1) is 7.98. The van der Waals surface area contributed by atoms with E-state index in [9.17, 15) is 9.59 Å². The summed E-state index contributed by atoms with van der Waals surface area (Å²) in [5.41, 5.74) is -1.61. The van der Waals surface area contributed by atoms with Gasteiger partial charge in [-0.15, -0.1) is 6.58 Å². The molecule has 3 fully saturated rings. The third-order valence-corrected chi connectivity index (χ3v) is 4.21. The molecule has 0 unspecified atom stereocenters. The van der Waals surface area contributed by atoms with Gasteiger partial charge < -0.3 is 9.47 Å². The molecule has 4 heteroatoms. The Labute approximate surface area is 101 Å². The largest absolute Gasteiger partial charge is 0.468 e. The van der Waals surface area contributed by atoms with Gasteiger partial charge in [0.05, 0.1) is 7.11 Å². The molecule has 0 N–H and O–H groups in total. The van der Waals surface area contributed by atoms with Gasteiger partial charge in [-0.1, -0.05) is 6.08 Å². The first-order valence-corrected chi connectivity index (χ1v) is 5.93. The molecule has 3 aliphatic rings. The van der Waals surface area contributed by atoms with Crippen molar-refractivity contribution in [2.24, 2.45) is 11.3 Å². The third-order valence-electron chi connectivity index (χ3n) is 4.21. The van der Waals surface area contributed by atoms with Gasteiger partial charge in [0.2, 0.25) is 0 Å². The second-order valence-corrected chi connectivity index (χ2v) is 5.18. The first kappa shape index (κ1) is 12.1. The number of carbonyl (C=O) groups excluding carboxylic acids is 2. The highest BCUT2D eigenvalue weighted by Crippen LogP contribution is 2.51. The Balaban J connectivity index is 2.44. The Kier molecular flexibility index (Phi) is 2.76. The molecule has 2 saturated heterocycles. The summed E-state index contributed by atoms with van der Waals surface area (Å²) in [6, 6.07) is 0. The van der Waals surface area contributed by atoms with Gasteiger partial charge >= 0.3 is 11.9 Å². The van der Waals surface area contributed by atoms with Crippen molar-refractivity contribution in [1.82, 2.24) is 0 Å². The molecule has 3 rings (SSSR count). The molecule has 0 aromatic heterocycles. The fraction of sp³-hybridized carbons (Fsp3) is 0.692. The molecule has 3 atom stereocenters. The van der Waals surface area contributed by atoms with Gasteiger partial charge in [-0.25, -0.2) is 0 Å². The number of carbonyl (C=O) groups is 2. The highest BCUT2D eigenvalue weighted by atomic mass is 16.6. The fourth-order valence-electron chi connectivity index (χ4n) is 3.04. The zero-order valence-corrected chi connectivity index (χ0v) is 10.3. The van der Waals surface area contributed by atoms with E-state index in [-0.39, 0.29) is 5.92 Å². The van der Waals surface area contributed by atoms with Gasteiger partial charge in [-0.2, -0.15) is 0 Å². The van der Waals surface area contributed by atoms with Gasteiger partial charge in [0.15, 0.2) is 5.41 Å². The lowest BCUT2D eigenvalue weighted by Gasteiger charge is -2.43. The summed E-state index contributed by atoms with van der Waals surface area (Å²) in [6.45, 7) is 5.71. The molecule has 17 heavy (non-hydrogen) atoms. The van der Waals surface area contributed by atoms with Crippen LogP contribution >= 0.6 is 0 Å². The average Bonchev–Trinajstić information content (AvgIpc) is 2.53. The number of ether oxygens (including phenoxy) is 2. The van der Waals surface area contributed by atoms with Crippen LogP contribution < -0.4 is 0 Å². The maximum Gasteiger partial charge on any atom is 0.324 e. The Hall–Kier alpha value is -1.32. The first-order valence-electron chi connectivity index (χ1n) is 5.93. The Bertz CT molecular complexity index is 376. The summed E-state index contributed by atoms with van der Waals surface area (Å²) in [6.07, 6.45) is 4.32. The van der Waals surface area contributed by atoms with Crippen molar-refractivity contribution >= 4 is 11.9 Å². The summed E-state index contributed by atoms with van der Waals surface area (Å²) in [5.74, 6) is -0.887. The van der Waals surface area contributed by atoms with E-state index in [0.29, 0.717) is 12.8 Å². The SMILES string of the molecule is C=C[C@H]1C[C@]2(C(=O)OC)CCC[C@@]1(C)OC2=O. The van der Waals surface area contributed by atoms with Crippen molar-refractivity contribution in [3.8, 4) is 0 Å². The van der Waals surface area contributed by atoms with Crippen molar-refractivity contribution in [3.05, 3.63) is 12.7 Å². The number of methoxy groups -OCH3 is 1. The van der Waals surface area contributed by atoms with Crippen molar-refractivity contribution < 1.29 is 19.1 Å². The number of rotatable bonds is 2. The summed E-state index contributed by atoms with van der Waals surface area (Å²) < 4.78 is 10.3. The molecular weight excluding hydrogens is 220 g/mol. The summed E-state index contributed by atoms with van der Waals surface area (Å²) in [7, 11) is 1.31. The number of esters is 2. The topological polar surface area (TPSA) is 52.6 Å². The zero-order valence-electron chi connectivity index (χ0n) is 10.3. The quantitative estimate of drug-likeness (QED) is 0.418. The van der Waals surface area contributed by atoms with Crippen LogP contribution in [-0.4, -0.2) is 24.6 Å². The number of hydrogen-bond donors (Lipinski definition) is 0. The molecule has 0 radical (unpaired) electrons. The number of hydrogen-bond acceptors (Lipinski definition) is 4. The van der Waals surface area contributed by atoms with E-state index in [1.54, 1.807) is 6.08 Å². The average molecular weight is 238 g/mol. The third kappa shape index (κ3) is 1.58. The summed E-state index contributed by atoms with van der Waals surface area (Å²) >= 11 is 0. The predicted molar refractivity (Wildman–Crippen MR) is 61.1 cm³/mol. The van der Waals surface area contributed by atoms with Crippen LogP contribution in [0.4, 0.5) is 0 Å². The summed E-state index contributed by atoms with van der Waals surface area (Å²) in [4.78, 5) is 24.0. The second kappa shape index (κ2) is 3.86. The predicted octanol–water partition coefficient (Wildman–Crippen LogP) is 1.84. The van der Waals surface area contributed by atoms with Gasteiger partial charge in [-0.3, -0.25) is 9.59 Å². The molecule has 4 nitrogen and oxygen atoms in total. The van der Waals surface area contributed by atoms with Crippen LogP contribution in [0.25, 0.3) is 0 Å². The molecule has 94 valence electrons. The highest BCUT2D eigenvalue weighted by Gasteiger charge is 2.60. The highest BCUT2D eigenvalue weighted by molar-refractivity contribution is 6.01. The van der Waals surface area contributed by atoms with Crippen LogP contribution in [0.2, 0.25) is 0 Å². The van der Waals surface area contributed by atoms with E-state index in [0.717, 1.165) is 12.8 Å². The van der Waals surface area contributed by atoms with Crippen molar-refractivity contribution in [2.45, 2.75) is 38.2 Å². The van der Waals surface area contributed by atoms with Gasteiger partial charge in [0, 0.05) is 5.92 Å². The Morgan fingerprint density at radius 1 is 1.59 bits per heavy atom. The Morgan fingerprint density at radius 3 is 2.88 bits per heavy atom. The number of fused-ring (bicyclic) bond motifs is 4. The van der Waals surface area contributed by atoms with Gasteiger partial charge in [0.1, 0.15) is 5.60 Å². The van der Waals surface area contributed by atoms with Crippen molar-refractivity contribution in [2.75, 3.05) is 7.11 Å². The standard InChI is InChI=1S/C13H18O4/c1-4-9-8-13(10(14)16-3)7-5-6-12(9,2)17-11(13)15/h4,9H,1,5-8H2,2-3H3/t9-,12+,13-/m0/s1. The molecular formula is C13H18O4. The van der Waals surface area contributed by atoms with Crippen LogP contribution in [0.1, 0.15) is 32.6 Å². The monoisotopic (exact) mass is 238 g/mol. The maximum atomic E-state index is 12.1. The van der Waals surface area contributed by atoms with Crippen LogP contribution in [0.3, 0.4) is 0 Å². The van der Waals surface area contributed by atoms with Crippen molar-refractivity contribution in [1.29, 1.82) is 0 Å². The molecule has 0 aromatic carbocycles. The van der Waals surface area contributed by atoms with Gasteiger partial charge in [0.25, 0.3) is 0 Å². The molecule has 0 spiro atoms. The van der Waals surface area contributed by atoms with E-state index in [1.807, 2.05) is 6.92 Å². The molecule has 0 aromatic rings.